The first kappa shape index (κ1) is 15.1. The number of carbonyl (C=O) groups is 2. The fourth-order valence-corrected chi connectivity index (χ4v) is 3.17. The minimum absolute atomic E-state index is 0.126. The van der Waals surface area contributed by atoms with Crippen LogP contribution in [0.4, 0.5) is 4.79 Å². The van der Waals surface area contributed by atoms with Gasteiger partial charge in [-0.15, -0.1) is 0 Å². The van der Waals surface area contributed by atoms with Gasteiger partial charge in [0, 0.05) is 13.1 Å². The molecule has 114 valence electrons. The third-order valence-electron chi connectivity index (χ3n) is 5.53. The molecule has 1 aliphatic carbocycles. The van der Waals surface area contributed by atoms with Gasteiger partial charge in [0.2, 0.25) is 0 Å². The maximum atomic E-state index is 12.4. The van der Waals surface area contributed by atoms with Crippen LogP contribution in [-0.4, -0.2) is 40.6 Å². The largest absolute Gasteiger partial charge is 0.481 e. The average molecular weight is 282 g/mol. The van der Waals surface area contributed by atoms with E-state index in [4.69, 9.17) is 0 Å². The van der Waals surface area contributed by atoms with Crippen molar-refractivity contribution >= 4 is 12.0 Å². The second-order valence-corrected chi connectivity index (χ2v) is 7.34. The van der Waals surface area contributed by atoms with E-state index >= 15 is 0 Å². The highest BCUT2D eigenvalue weighted by Gasteiger charge is 2.46. The Bertz CT molecular complexity index is 405. The Morgan fingerprint density at radius 1 is 1.10 bits per heavy atom. The Kier molecular flexibility index (Phi) is 3.73. The van der Waals surface area contributed by atoms with Crippen LogP contribution in [0.15, 0.2) is 0 Å². The average Bonchev–Trinajstić information content (AvgIpc) is 2.87. The highest BCUT2D eigenvalue weighted by molar-refractivity contribution is 5.80. The van der Waals surface area contributed by atoms with Crippen LogP contribution in [0.25, 0.3) is 0 Å². The van der Waals surface area contributed by atoms with E-state index in [-0.39, 0.29) is 6.03 Å². The maximum absolute atomic E-state index is 12.4. The molecule has 2 unspecified atom stereocenters. The molecule has 2 atom stereocenters. The number of aliphatic carboxylic acids is 1. The highest BCUT2D eigenvalue weighted by atomic mass is 16.4. The Labute approximate surface area is 120 Å². The summed E-state index contributed by atoms with van der Waals surface area (Å²) >= 11 is 0. The van der Waals surface area contributed by atoms with Gasteiger partial charge in [-0.05, 0) is 52.4 Å². The summed E-state index contributed by atoms with van der Waals surface area (Å²) in [7, 11) is 0. The second kappa shape index (κ2) is 4.93. The molecule has 2 N–H and O–H groups in total. The number of rotatable bonds is 3. The fourth-order valence-electron chi connectivity index (χ4n) is 3.17. The summed E-state index contributed by atoms with van der Waals surface area (Å²) < 4.78 is 0. The number of hydrogen-bond acceptors (Lipinski definition) is 2. The van der Waals surface area contributed by atoms with Gasteiger partial charge in [-0.3, -0.25) is 4.79 Å². The van der Waals surface area contributed by atoms with E-state index in [1.54, 1.807) is 27.7 Å². The van der Waals surface area contributed by atoms with Crippen LogP contribution in [-0.2, 0) is 4.79 Å². The molecule has 0 spiro atoms. The SMILES string of the molecule is CC(C)(NC(=O)N1CC2CCCC2C1)C(C)(C)C(=O)O. The fraction of sp³-hybridized carbons (Fsp3) is 0.867. The van der Waals surface area contributed by atoms with E-state index in [1.807, 2.05) is 4.90 Å². The molecule has 2 fully saturated rings. The molecular weight excluding hydrogens is 256 g/mol. The number of fused-ring (bicyclic) bond motifs is 1. The van der Waals surface area contributed by atoms with Crippen molar-refractivity contribution in [2.24, 2.45) is 17.3 Å². The molecule has 2 aliphatic rings. The quantitative estimate of drug-likeness (QED) is 0.834. The maximum Gasteiger partial charge on any atom is 0.317 e. The summed E-state index contributed by atoms with van der Waals surface area (Å²) in [5, 5.41) is 12.2. The normalized spacial score (nSPS) is 26.5. The third-order valence-corrected chi connectivity index (χ3v) is 5.53. The van der Waals surface area contributed by atoms with Crippen molar-refractivity contribution < 1.29 is 14.7 Å². The summed E-state index contributed by atoms with van der Waals surface area (Å²) in [6.45, 7) is 8.48. The van der Waals surface area contributed by atoms with Crippen molar-refractivity contribution in [3.63, 3.8) is 0 Å². The summed E-state index contributed by atoms with van der Waals surface area (Å²) in [6.07, 6.45) is 3.72. The van der Waals surface area contributed by atoms with Gasteiger partial charge in [0.1, 0.15) is 0 Å². The highest BCUT2D eigenvalue weighted by Crippen LogP contribution is 2.38. The summed E-state index contributed by atoms with van der Waals surface area (Å²) in [5.41, 5.74) is -1.81. The number of urea groups is 1. The van der Waals surface area contributed by atoms with Gasteiger partial charge >= 0.3 is 12.0 Å². The minimum Gasteiger partial charge on any atom is -0.481 e. The van der Waals surface area contributed by atoms with Gasteiger partial charge in [0.05, 0.1) is 11.0 Å². The number of amides is 2. The lowest BCUT2D eigenvalue weighted by molar-refractivity contribution is -0.150. The van der Waals surface area contributed by atoms with E-state index in [0.29, 0.717) is 11.8 Å². The van der Waals surface area contributed by atoms with Gasteiger partial charge < -0.3 is 15.3 Å². The van der Waals surface area contributed by atoms with Crippen molar-refractivity contribution in [3.05, 3.63) is 0 Å². The summed E-state index contributed by atoms with van der Waals surface area (Å²) in [6, 6.07) is -0.126. The van der Waals surface area contributed by atoms with Crippen LogP contribution in [0.1, 0.15) is 47.0 Å². The third kappa shape index (κ3) is 2.50. The lowest BCUT2D eigenvalue weighted by Gasteiger charge is -2.39. The van der Waals surface area contributed by atoms with Gasteiger partial charge in [0.15, 0.2) is 0 Å². The second-order valence-electron chi connectivity index (χ2n) is 7.34. The molecule has 2 rings (SSSR count). The Hall–Kier alpha value is -1.26. The zero-order valence-electron chi connectivity index (χ0n) is 12.9. The van der Waals surface area contributed by atoms with E-state index in [0.717, 1.165) is 13.1 Å². The van der Waals surface area contributed by atoms with Crippen molar-refractivity contribution in [2.45, 2.75) is 52.5 Å². The lowest BCUT2D eigenvalue weighted by Crippen LogP contribution is -2.59. The molecule has 5 nitrogen and oxygen atoms in total. The predicted molar refractivity (Wildman–Crippen MR) is 76.4 cm³/mol. The van der Waals surface area contributed by atoms with Crippen LogP contribution in [0.2, 0.25) is 0 Å². The standard InChI is InChI=1S/C15H26N2O3/c1-14(2,12(18)19)15(3,4)16-13(20)17-8-10-6-5-7-11(10)9-17/h10-11H,5-9H2,1-4H3,(H,16,20)(H,18,19). The number of carboxylic acids is 1. The first-order valence-corrected chi connectivity index (χ1v) is 7.45. The van der Waals surface area contributed by atoms with E-state index in [9.17, 15) is 14.7 Å². The van der Waals surface area contributed by atoms with Crippen molar-refractivity contribution in [2.75, 3.05) is 13.1 Å². The molecular formula is C15H26N2O3. The van der Waals surface area contributed by atoms with Crippen molar-refractivity contribution in [3.8, 4) is 0 Å². The van der Waals surface area contributed by atoms with Crippen molar-refractivity contribution in [1.82, 2.24) is 10.2 Å². The molecule has 0 aromatic rings. The number of hydrogen-bond donors (Lipinski definition) is 2. The van der Waals surface area contributed by atoms with E-state index < -0.39 is 16.9 Å². The molecule has 20 heavy (non-hydrogen) atoms. The number of carboxylic acid groups (broad SMARTS) is 1. The first-order valence-electron chi connectivity index (χ1n) is 7.45. The van der Waals surface area contributed by atoms with E-state index in [2.05, 4.69) is 5.32 Å². The summed E-state index contributed by atoms with van der Waals surface area (Å²) in [4.78, 5) is 25.6. The van der Waals surface area contributed by atoms with Gasteiger partial charge in [-0.25, -0.2) is 4.79 Å². The van der Waals surface area contributed by atoms with E-state index in [1.165, 1.54) is 19.3 Å². The van der Waals surface area contributed by atoms with Crippen molar-refractivity contribution in [1.29, 1.82) is 0 Å². The van der Waals surface area contributed by atoms with Crippen LogP contribution in [0, 0.1) is 17.3 Å². The van der Waals surface area contributed by atoms with Gasteiger partial charge in [0.25, 0.3) is 0 Å². The summed E-state index contributed by atoms with van der Waals surface area (Å²) in [5.74, 6) is 0.397. The molecule has 2 amide bonds. The van der Waals surface area contributed by atoms with Crippen LogP contribution in [0.5, 0.6) is 0 Å². The minimum atomic E-state index is -1.02. The Balaban J connectivity index is 1.99. The Morgan fingerprint density at radius 2 is 1.60 bits per heavy atom. The smallest absolute Gasteiger partial charge is 0.317 e. The Morgan fingerprint density at radius 3 is 2.05 bits per heavy atom. The molecule has 1 aliphatic heterocycles. The molecule has 0 bridgehead atoms. The number of likely N-dealkylation sites (tertiary alicyclic amines) is 1. The molecule has 0 aromatic carbocycles. The number of nitrogens with zero attached hydrogens (tertiary/aromatic N) is 1. The topological polar surface area (TPSA) is 69.6 Å². The molecule has 1 saturated carbocycles. The molecule has 1 saturated heterocycles. The van der Waals surface area contributed by atoms with Crippen LogP contribution in [0.3, 0.4) is 0 Å². The monoisotopic (exact) mass is 282 g/mol. The zero-order chi connectivity index (χ0) is 15.1. The molecule has 1 heterocycles. The first-order chi connectivity index (χ1) is 9.15. The predicted octanol–water partition coefficient (Wildman–Crippen LogP) is 2.32. The van der Waals surface area contributed by atoms with Gasteiger partial charge in [-0.1, -0.05) is 6.42 Å². The van der Waals surface area contributed by atoms with Crippen LogP contribution < -0.4 is 5.32 Å². The van der Waals surface area contributed by atoms with Gasteiger partial charge in [-0.2, -0.15) is 0 Å². The number of nitrogens with one attached hydrogen (secondary N) is 1. The molecule has 5 heteroatoms. The lowest BCUT2D eigenvalue weighted by atomic mass is 9.74. The number of carbonyl (C=O) groups excluding carboxylic acids is 1. The molecule has 0 aromatic heterocycles. The zero-order valence-corrected chi connectivity index (χ0v) is 12.9. The van der Waals surface area contributed by atoms with Crippen LogP contribution >= 0.6 is 0 Å². The molecule has 0 radical (unpaired) electrons.